The molecule has 0 aliphatic carbocycles. The van der Waals surface area contributed by atoms with Crippen LogP contribution in [0.4, 0.5) is 0 Å². The van der Waals surface area contributed by atoms with Gasteiger partial charge in [-0.15, -0.1) is 0 Å². The van der Waals surface area contributed by atoms with Gasteiger partial charge in [0, 0.05) is 6.42 Å². The maximum Gasteiger partial charge on any atom is 0.306 e. The Kier molecular flexibility index (Phi) is 66.9. The Labute approximate surface area is 584 Å². The summed E-state index contributed by atoms with van der Waals surface area (Å²) in [7, 11) is 0. The number of hydrogen-bond donors (Lipinski definition) is 6. The molecule has 0 radical (unpaired) electrons. The first kappa shape index (κ1) is 89.9. The van der Waals surface area contributed by atoms with E-state index >= 15 is 0 Å². The van der Waals surface area contributed by atoms with Crippen molar-refractivity contribution in [3.8, 4) is 0 Å². The lowest BCUT2D eigenvalue weighted by atomic mass is 9.99. The summed E-state index contributed by atoms with van der Waals surface area (Å²) in [5, 5.41) is 57.5. The van der Waals surface area contributed by atoms with Crippen LogP contribution in [0.2, 0.25) is 0 Å². The van der Waals surface area contributed by atoms with Crippen LogP contribution in [-0.4, -0.2) is 99.6 Å². The molecule has 0 spiro atoms. The van der Waals surface area contributed by atoms with Crippen LogP contribution in [0.25, 0.3) is 0 Å². The van der Waals surface area contributed by atoms with Gasteiger partial charge < -0.3 is 45.1 Å². The largest absolute Gasteiger partial charge is 0.454 e. The number of ether oxygens (including phenoxy) is 3. The standard InChI is InChI=1S/C84H151NO10/c1-4-7-10-13-16-19-22-25-27-29-31-33-35-37-39-41-43-45-47-49-51-54-57-60-63-66-69-72-79(89)95-82-81(91)80(90)78(73-86)94-84(82)93-74-75(76(87)70-67-64-61-58-55-52-24-21-18-15-12-9-6-3)85-83(92)77(88)71-68-65-62-59-56-53-50-48-46-44-42-40-38-36-34-32-30-28-26-23-20-17-14-11-8-5-2/h8,11,17,20,26,28,32,34,38,40,44,46,67,70,75-78,80-82,84,86-88,90-91H,4-7,9-10,12-16,18-19,21-25,27,29-31,33,35-37,39,41-43,45,47-66,68-69,71-74H2,1-3H3,(H,85,92)/b11-8-,20-17-,28-26-,34-32-,40-38-,46-44-,70-67+. The van der Waals surface area contributed by atoms with Crippen molar-refractivity contribution in [3.05, 3.63) is 85.1 Å². The fraction of sp³-hybridized carbons (Fsp3) is 0.810. The summed E-state index contributed by atoms with van der Waals surface area (Å²) in [4.78, 5) is 26.8. The highest BCUT2D eigenvalue weighted by atomic mass is 16.7. The van der Waals surface area contributed by atoms with Crippen LogP contribution in [0, 0.1) is 0 Å². The second-order valence-electron chi connectivity index (χ2n) is 27.8. The zero-order valence-corrected chi connectivity index (χ0v) is 61.8. The van der Waals surface area contributed by atoms with Crippen molar-refractivity contribution in [1.82, 2.24) is 5.32 Å². The van der Waals surface area contributed by atoms with Crippen LogP contribution >= 0.6 is 0 Å². The maximum atomic E-state index is 13.5. The van der Waals surface area contributed by atoms with Crippen LogP contribution < -0.4 is 5.32 Å². The Bertz CT molecular complexity index is 1880. The first-order valence-electron chi connectivity index (χ1n) is 40.4. The molecule has 0 aromatic carbocycles. The molecule has 6 N–H and O–H groups in total. The predicted octanol–water partition coefficient (Wildman–Crippen LogP) is 22.0. The number of rotatable bonds is 70. The van der Waals surface area contributed by atoms with Crippen molar-refractivity contribution >= 4 is 11.9 Å². The van der Waals surface area contributed by atoms with E-state index in [1.165, 1.54) is 212 Å². The Balaban J connectivity index is 2.51. The Hall–Kier alpha value is -3.16. The van der Waals surface area contributed by atoms with Gasteiger partial charge in [-0.1, -0.05) is 376 Å². The minimum absolute atomic E-state index is 0.125. The molecule has 0 aromatic heterocycles. The fourth-order valence-electron chi connectivity index (χ4n) is 12.5. The third-order valence-corrected chi connectivity index (χ3v) is 18.8. The maximum absolute atomic E-state index is 13.5. The first-order chi connectivity index (χ1) is 46.7. The van der Waals surface area contributed by atoms with Gasteiger partial charge >= 0.3 is 5.97 Å². The highest BCUT2D eigenvalue weighted by Gasteiger charge is 2.47. The predicted molar refractivity (Wildman–Crippen MR) is 402 cm³/mol. The zero-order valence-electron chi connectivity index (χ0n) is 61.8. The van der Waals surface area contributed by atoms with Crippen molar-refractivity contribution in [3.63, 3.8) is 0 Å². The van der Waals surface area contributed by atoms with Gasteiger partial charge in [-0.2, -0.15) is 0 Å². The van der Waals surface area contributed by atoms with Crippen LogP contribution in [0.3, 0.4) is 0 Å². The van der Waals surface area contributed by atoms with E-state index in [-0.39, 0.29) is 19.4 Å². The minimum Gasteiger partial charge on any atom is -0.454 e. The topological polar surface area (TPSA) is 175 Å². The number of nitrogens with one attached hydrogen (secondary N) is 1. The normalized spacial score (nSPS) is 18.2. The molecular weight excluding hydrogens is 1180 g/mol. The summed E-state index contributed by atoms with van der Waals surface area (Å²) >= 11 is 0. The van der Waals surface area contributed by atoms with Gasteiger partial charge in [0.2, 0.25) is 5.91 Å². The van der Waals surface area contributed by atoms with E-state index in [0.717, 1.165) is 116 Å². The highest BCUT2D eigenvalue weighted by molar-refractivity contribution is 5.80. The lowest BCUT2D eigenvalue weighted by molar-refractivity contribution is -0.305. The molecule has 1 saturated heterocycles. The van der Waals surface area contributed by atoms with E-state index in [0.29, 0.717) is 12.8 Å². The molecular formula is C84H151NO10. The quantitative estimate of drug-likeness (QED) is 0.0195. The monoisotopic (exact) mass is 1330 g/mol. The van der Waals surface area contributed by atoms with Gasteiger partial charge in [0.05, 0.1) is 25.4 Å². The molecule has 1 rings (SSSR count). The van der Waals surface area contributed by atoms with Gasteiger partial charge in [-0.05, 0) is 77.0 Å². The van der Waals surface area contributed by atoms with Gasteiger partial charge in [0.1, 0.15) is 24.4 Å². The number of amides is 1. The van der Waals surface area contributed by atoms with Gasteiger partial charge in [-0.3, -0.25) is 9.59 Å². The molecule has 1 heterocycles. The van der Waals surface area contributed by atoms with Crippen LogP contribution in [0.15, 0.2) is 85.1 Å². The third-order valence-electron chi connectivity index (χ3n) is 18.8. The molecule has 11 heteroatoms. The van der Waals surface area contributed by atoms with E-state index in [1.54, 1.807) is 6.08 Å². The molecule has 8 atom stereocenters. The summed E-state index contributed by atoms with van der Waals surface area (Å²) < 4.78 is 17.8. The number of carbonyl (C=O) groups is 2. The molecule has 1 aliphatic heterocycles. The molecule has 552 valence electrons. The second kappa shape index (κ2) is 70.7. The molecule has 1 amide bonds. The third kappa shape index (κ3) is 57.3. The summed E-state index contributed by atoms with van der Waals surface area (Å²) in [6, 6.07) is -1.03. The fourth-order valence-corrected chi connectivity index (χ4v) is 12.5. The van der Waals surface area contributed by atoms with E-state index in [9.17, 15) is 35.1 Å². The molecule has 11 nitrogen and oxygen atoms in total. The number of carbonyl (C=O) groups excluding carboxylic acids is 2. The second-order valence-corrected chi connectivity index (χ2v) is 27.8. The van der Waals surface area contributed by atoms with Crippen molar-refractivity contribution in [2.24, 2.45) is 0 Å². The molecule has 1 aliphatic rings. The van der Waals surface area contributed by atoms with E-state index in [1.807, 2.05) is 6.08 Å². The number of esters is 1. The Morgan fingerprint density at radius 2 is 0.758 bits per heavy atom. The number of aliphatic hydroxyl groups is 5. The van der Waals surface area contributed by atoms with Crippen LogP contribution in [0.1, 0.15) is 374 Å². The SMILES string of the molecule is CC/C=C\C/C=C\C/C=C\C/C=C\C/C=C\C/C=C\CCCCCCCCCC(O)C(=O)NC(COC1OC(CO)C(O)C(O)C1OC(=O)CCCCCCCCCCCCCCCCCCCCCCCCCCCCC)C(O)/C=C/CCCCCCCCCCCCC. The number of hydrogen-bond acceptors (Lipinski definition) is 10. The molecule has 0 saturated carbocycles. The number of allylic oxidation sites excluding steroid dienone is 13. The average Bonchev–Trinajstić information content (AvgIpc) is 0.829. The van der Waals surface area contributed by atoms with Crippen molar-refractivity contribution < 1.29 is 49.3 Å². The zero-order chi connectivity index (χ0) is 68.8. The first-order valence-corrected chi connectivity index (χ1v) is 40.4. The Morgan fingerprint density at radius 1 is 0.421 bits per heavy atom. The lowest BCUT2D eigenvalue weighted by Crippen LogP contribution is -2.61. The number of aliphatic hydroxyl groups excluding tert-OH is 5. The van der Waals surface area contributed by atoms with Crippen molar-refractivity contribution in [2.75, 3.05) is 13.2 Å². The molecule has 1 fully saturated rings. The van der Waals surface area contributed by atoms with Crippen LogP contribution in [-0.2, 0) is 23.8 Å². The minimum atomic E-state index is -1.62. The molecule has 0 bridgehead atoms. The Morgan fingerprint density at radius 3 is 1.14 bits per heavy atom. The van der Waals surface area contributed by atoms with E-state index in [2.05, 4.69) is 99.0 Å². The smallest absolute Gasteiger partial charge is 0.306 e. The van der Waals surface area contributed by atoms with Gasteiger partial charge in [0.25, 0.3) is 0 Å². The van der Waals surface area contributed by atoms with Gasteiger partial charge in [-0.25, -0.2) is 0 Å². The summed E-state index contributed by atoms with van der Waals surface area (Å²) in [6.07, 6.45) is 84.9. The summed E-state index contributed by atoms with van der Waals surface area (Å²) in [5.41, 5.74) is 0. The molecule has 95 heavy (non-hydrogen) atoms. The van der Waals surface area contributed by atoms with E-state index < -0.39 is 67.4 Å². The lowest BCUT2D eigenvalue weighted by Gasteiger charge is -2.41. The number of unbranched alkanes of at least 4 members (excludes halogenated alkanes) is 44. The summed E-state index contributed by atoms with van der Waals surface area (Å²) in [6.45, 7) is 5.74. The highest BCUT2D eigenvalue weighted by Crippen LogP contribution is 2.27. The molecule has 8 unspecified atom stereocenters. The molecule has 0 aromatic rings. The van der Waals surface area contributed by atoms with Crippen molar-refractivity contribution in [2.45, 2.75) is 423 Å². The summed E-state index contributed by atoms with van der Waals surface area (Å²) in [5.74, 6) is -1.19. The van der Waals surface area contributed by atoms with E-state index in [4.69, 9.17) is 14.2 Å². The average molecular weight is 1340 g/mol. The van der Waals surface area contributed by atoms with Crippen LogP contribution in [0.5, 0.6) is 0 Å². The van der Waals surface area contributed by atoms with Gasteiger partial charge in [0.15, 0.2) is 12.4 Å². The van der Waals surface area contributed by atoms with Crippen molar-refractivity contribution in [1.29, 1.82) is 0 Å².